The minimum absolute atomic E-state index is 0.0185. The molecular weight excluding hydrogens is 432 g/mol. The number of hydrogen-bond acceptors (Lipinski definition) is 6. The van der Waals surface area contributed by atoms with Crippen molar-refractivity contribution in [3.05, 3.63) is 47.5 Å². The van der Waals surface area contributed by atoms with Gasteiger partial charge in [0.25, 0.3) is 0 Å². The third-order valence-corrected chi connectivity index (χ3v) is 7.38. The van der Waals surface area contributed by atoms with Crippen molar-refractivity contribution in [1.29, 1.82) is 0 Å². The molecule has 1 aliphatic carbocycles. The van der Waals surface area contributed by atoms with Crippen molar-refractivity contribution < 1.29 is 24.1 Å². The van der Waals surface area contributed by atoms with Gasteiger partial charge in [-0.25, -0.2) is 0 Å². The number of piperidine rings is 1. The maximum absolute atomic E-state index is 13.0. The van der Waals surface area contributed by atoms with E-state index < -0.39 is 5.60 Å². The molecule has 184 valence electrons. The molecule has 2 aromatic carbocycles. The molecule has 0 aromatic heterocycles. The van der Waals surface area contributed by atoms with Crippen molar-refractivity contribution >= 4 is 11.6 Å². The molecule has 0 bridgehead atoms. The van der Waals surface area contributed by atoms with Crippen LogP contribution in [0.1, 0.15) is 49.3 Å². The molecule has 4 rings (SSSR count). The van der Waals surface area contributed by atoms with Crippen LogP contribution in [0.15, 0.2) is 36.4 Å². The number of ether oxygens (including phenoxy) is 3. The number of rotatable bonds is 7. The molecule has 34 heavy (non-hydrogen) atoms. The number of nitrogens with one attached hydrogen (secondary N) is 1. The molecule has 2 aliphatic rings. The zero-order valence-corrected chi connectivity index (χ0v) is 20.6. The number of aryl methyl sites for hydroxylation is 1. The van der Waals surface area contributed by atoms with Gasteiger partial charge in [-0.2, -0.15) is 0 Å². The number of amides is 1. The first-order valence-corrected chi connectivity index (χ1v) is 12.0. The van der Waals surface area contributed by atoms with E-state index in [0.29, 0.717) is 30.2 Å². The van der Waals surface area contributed by atoms with Crippen molar-refractivity contribution in [1.82, 2.24) is 4.90 Å². The summed E-state index contributed by atoms with van der Waals surface area (Å²) in [6, 6.07) is 11.6. The van der Waals surface area contributed by atoms with E-state index in [1.165, 1.54) is 0 Å². The van der Waals surface area contributed by atoms with Crippen LogP contribution in [0.25, 0.3) is 0 Å². The molecule has 2 fully saturated rings. The van der Waals surface area contributed by atoms with E-state index in [9.17, 15) is 9.90 Å². The summed E-state index contributed by atoms with van der Waals surface area (Å²) in [7, 11) is 4.79. The Morgan fingerprint density at radius 2 is 1.74 bits per heavy atom. The third-order valence-electron chi connectivity index (χ3n) is 7.38. The van der Waals surface area contributed by atoms with Gasteiger partial charge in [-0.05, 0) is 56.0 Å². The van der Waals surface area contributed by atoms with Gasteiger partial charge in [0, 0.05) is 24.2 Å². The number of methoxy groups -OCH3 is 3. The Hall–Kier alpha value is -2.77. The molecule has 0 radical (unpaired) electrons. The number of carbonyl (C=O) groups is 1. The largest absolute Gasteiger partial charge is 0.493 e. The standard InChI is InChI=1S/C27H36N2O5/c1-18-8-10-20(11-9-18)28-24(30)17-29-14-13-27(31)12-6-5-7-21(27)25(29)19-15-22(32-2)26(34-4)23(16-19)33-3/h8-11,15-16,21,25,31H,5-7,12-14,17H2,1-4H3,(H,28,30)/t21-,25+,27-/m1/s1. The zero-order valence-electron chi connectivity index (χ0n) is 20.6. The highest BCUT2D eigenvalue weighted by Gasteiger charge is 2.49. The molecule has 7 heteroatoms. The molecule has 1 aliphatic heterocycles. The van der Waals surface area contributed by atoms with Gasteiger partial charge >= 0.3 is 0 Å². The second-order valence-electron chi connectivity index (χ2n) is 9.49. The molecule has 7 nitrogen and oxygen atoms in total. The second-order valence-corrected chi connectivity index (χ2v) is 9.49. The lowest BCUT2D eigenvalue weighted by atomic mass is 9.66. The van der Waals surface area contributed by atoms with Crippen LogP contribution in [0.2, 0.25) is 0 Å². The topological polar surface area (TPSA) is 80.3 Å². The molecule has 1 heterocycles. The highest BCUT2D eigenvalue weighted by Crippen LogP contribution is 2.51. The molecule has 1 saturated carbocycles. The summed E-state index contributed by atoms with van der Waals surface area (Å²) in [4.78, 5) is 15.2. The fraction of sp³-hybridized carbons (Fsp3) is 0.519. The summed E-state index contributed by atoms with van der Waals surface area (Å²) < 4.78 is 16.7. The van der Waals surface area contributed by atoms with E-state index in [4.69, 9.17) is 14.2 Å². The quantitative estimate of drug-likeness (QED) is 0.630. The predicted octanol–water partition coefficient (Wildman–Crippen LogP) is 4.33. The maximum Gasteiger partial charge on any atom is 0.238 e. The minimum atomic E-state index is -0.729. The number of nitrogens with zero attached hydrogens (tertiary/aromatic N) is 1. The van der Waals surface area contributed by atoms with Crippen LogP contribution in [0.3, 0.4) is 0 Å². The van der Waals surface area contributed by atoms with E-state index in [-0.39, 0.29) is 24.4 Å². The molecule has 0 spiro atoms. The van der Waals surface area contributed by atoms with Crippen molar-refractivity contribution in [2.75, 3.05) is 39.7 Å². The highest BCUT2D eigenvalue weighted by atomic mass is 16.5. The fourth-order valence-electron chi connectivity index (χ4n) is 5.66. The van der Waals surface area contributed by atoms with Gasteiger partial charge in [-0.3, -0.25) is 9.69 Å². The maximum atomic E-state index is 13.0. The number of anilines is 1. The first kappa shape index (κ1) is 24.4. The Labute approximate surface area is 202 Å². The van der Waals surface area contributed by atoms with Crippen LogP contribution in [0.5, 0.6) is 17.2 Å². The number of carbonyl (C=O) groups excluding carboxylic acids is 1. The predicted molar refractivity (Wildman–Crippen MR) is 132 cm³/mol. The van der Waals surface area contributed by atoms with Gasteiger partial charge < -0.3 is 24.6 Å². The summed E-state index contributed by atoms with van der Waals surface area (Å²) in [6.07, 6.45) is 4.46. The van der Waals surface area contributed by atoms with Gasteiger partial charge in [0.05, 0.1) is 33.5 Å². The number of likely N-dealkylation sites (tertiary alicyclic amines) is 1. The minimum Gasteiger partial charge on any atom is -0.493 e. The van der Waals surface area contributed by atoms with Gasteiger partial charge in [-0.1, -0.05) is 30.5 Å². The summed E-state index contributed by atoms with van der Waals surface area (Å²) in [5.41, 5.74) is 2.16. The molecule has 2 N–H and O–H groups in total. The average Bonchev–Trinajstić information content (AvgIpc) is 2.84. The summed E-state index contributed by atoms with van der Waals surface area (Å²) >= 11 is 0. The Morgan fingerprint density at radius 1 is 1.06 bits per heavy atom. The molecule has 1 saturated heterocycles. The van der Waals surface area contributed by atoms with Crippen LogP contribution in [0, 0.1) is 12.8 Å². The van der Waals surface area contributed by atoms with Gasteiger partial charge in [0.15, 0.2) is 11.5 Å². The van der Waals surface area contributed by atoms with Crippen LogP contribution < -0.4 is 19.5 Å². The lowest BCUT2D eigenvalue weighted by Gasteiger charge is -2.52. The van der Waals surface area contributed by atoms with E-state index in [1.807, 2.05) is 43.3 Å². The van der Waals surface area contributed by atoms with Crippen molar-refractivity contribution in [3.63, 3.8) is 0 Å². The van der Waals surface area contributed by atoms with Crippen LogP contribution >= 0.6 is 0 Å². The van der Waals surface area contributed by atoms with Crippen LogP contribution in [-0.2, 0) is 4.79 Å². The van der Waals surface area contributed by atoms with Crippen LogP contribution in [0.4, 0.5) is 5.69 Å². The molecule has 1 amide bonds. The van der Waals surface area contributed by atoms with E-state index >= 15 is 0 Å². The molecular formula is C27H36N2O5. The van der Waals surface area contributed by atoms with Gasteiger partial charge in [-0.15, -0.1) is 0 Å². The van der Waals surface area contributed by atoms with E-state index in [2.05, 4.69) is 10.2 Å². The van der Waals surface area contributed by atoms with E-state index in [0.717, 1.165) is 42.5 Å². The Balaban J connectivity index is 1.67. The van der Waals surface area contributed by atoms with Crippen molar-refractivity contribution in [2.45, 2.75) is 50.7 Å². The Kier molecular flexibility index (Phi) is 7.33. The number of hydrogen-bond donors (Lipinski definition) is 2. The van der Waals surface area contributed by atoms with E-state index in [1.54, 1.807) is 21.3 Å². The summed E-state index contributed by atoms with van der Waals surface area (Å²) in [5, 5.41) is 14.6. The molecule has 2 aromatic rings. The summed E-state index contributed by atoms with van der Waals surface area (Å²) in [6.45, 7) is 2.89. The average molecular weight is 469 g/mol. The second kappa shape index (κ2) is 10.2. The lowest BCUT2D eigenvalue weighted by Crippen LogP contribution is -2.56. The van der Waals surface area contributed by atoms with Crippen LogP contribution in [-0.4, -0.2) is 55.9 Å². The molecule has 3 atom stereocenters. The summed E-state index contributed by atoms with van der Waals surface area (Å²) in [5.74, 6) is 1.64. The first-order chi connectivity index (χ1) is 16.4. The van der Waals surface area contributed by atoms with Gasteiger partial charge in [0.2, 0.25) is 11.7 Å². The molecule has 0 unspecified atom stereocenters. The fourth-order valence-corrected chi connectivity index (χ4v) is 5.66. The normalized spacial score (nSPS) is 24.7. The van der Waals surface area contributed by atoms with Crippen molar-refractivity contribution in [2.24, 2.45) is 5.92 Å². The number of fused-ring (bicyclic) bond motifs is 1. The highest BCUT2D eigenvalue weighted by molar-refractivity contribution is 5.92. The van der Waals surface area contributed by atoms with Crippen molar-refractivity contribution in [3.8, 4) is 17.2 Å². The lowest BCUT2D eigenvalue weighted by molar-refractivity contribution is -0.135. The number of aliphatic hydroxyl groups is 1. The Bertz CT molecular complexity index is 984. The smallest absolute Gasteiger partial charge is 0.238 e. The zero-order chi connectivity index (χ0) is 24.3. The first-order valence-electron chi connectivity index (χ1n) is 12.0. The Morgan fingerprint density at radius 3 is 2.35 bits per heavy atom. The third kappa shape index (κ3) is 4.86. The SMILES string of the molecule is COc1cc([C@H]2[C@H]3CCCC[C@@]3(O)CCN2CC(=O)Nc2ccc(C)cc2)cc(OC)c1OC. The number of benzene rings is 2. The monoisotopic (exact) mass is 468 g/mol. The van der Waals surface area contributed by atoms with Gasteiger partial charge in [0.1, 0.15) is 0 Å².